The summed E-state index contributed by atoms with van der Waals surface area (Å²) in [6, 6.07) is 6.44. The summed E-state index contributed by atoms with van der Waals surface area (Å²) in [6.45, 7) is 0.339. The number of hydrogen-bond acceptors (Lipinski definition) is 6. The highest BCUT2D eigenvalue weighted by Gasteiger charge is 2.28. The fraction of sp³-hybridized carbons (Fsp3) is 0.381. The second-order valence-electron chi connectivity index (χ2n) is 7.31. The number of ether oxygens (including phenoxy) is 1. The van der Waals surface area contributed by atoms with Crippen LogP contribution in [0.3, 0.4) is 0 Å². The number of amides is 2. The number of esters is 1. The Morgan fingerprint density at radius 3 is 2.63 bits per heavy atom. The molecule has 0 saturated carbocycles. The van der Waals surface area contributed by atoms with Crippen molar-refractivity contribution in [3.63, 3.8) is 0 Å². The summed E-state index contributed by atoms with van der Waals surface area (Å²) in [5, 5.41) is 9.82. The number of benzene rings is 1. The average molecular weight is 448 g/mol. The smallest absolute Gasteiger partial charge is 0.323 e. The van der Waals surface area contributed by atoms with Gasteiger partial charge in [-0.25, -0.2) is 0 Å². The third-order valence-electron chi connectivity index (χ3n) is 5.20. The van der Waals surface area contributed by atoms with Gasteiger partial charge in [0.05, 0.1) is 18.7 Å². The normalized spacial score (nSPS) is 17.9. The molecule has 1 aliphatic heterocycles. The maximum Gasteiger partial charge on any atom is 0.323 e. The summed E-state index contributed by atoms with van der Waals surface area (Å²) in [5.74, 6) is -0.884. The van der Waals surface area contributed by atoms with Crippen molar-refractivity contribution in [1.82, 2.24) is 5.32 Å². The van der Waals surface area contributed by atoms with Gasteiger partial charge >= 0.3 is 5.97 Å². The largest absolute Gasteiger partial charge is 0.464 e. The molecule has 1 atom stereocenters. The van der Waals surface area contributed by atoms with Crippen LogP contribution in [0, 0.1) is 0 Å². The second kappa shape index (κ2) is 9.16. The Hall–Kier alpha value is -2.42. The molecule has 1 fully saturated rings. The van der Waals surface area contributed by atoms with E-state index in [0.29, 0.717) is 34.3 Å². The molecule has 1 saturated heterocycles. The number of hydrogen-bond donors (Lipinski definition) is 3. The zero-order valence-corrected chi connectivity index (χ0v) is 17.8. The molecule has 0 radical (unpaired) electrons. The minimum atomic E-state index is -0.458. The first-order valence-electron chi connectivity index (χ1n) is 9.92. The van der Waals surface area contributed by atoms with Gasteiger partial charge in [-0.05, 0) is 55.5 Å². The average Bonchev–Trinajstić information content (AvgIpc) is 3.30. The summed E-state index contributed by atoms with van der Waals surface area (Å²) in [6.07, 6.45) is 4.36. The molecule has 0 unspecified atom stereocenters. The van der Waals surface area contributed by atoms with Crippen LogP contribution in [0.1, 0.15) is 40.1 Å². The van der Waals surface area contributed by atoms with Crippen molar-refractivity contribution in [3.8, 4) is 0 Å². The number of fused-ring (bicyclic) bond motifs is 1. The van der Waals surface area contributed by atoms with E-state index >= 15 is 0 Å². The Morgan fingerprint density at radius 2 is 1.90 bits per heavy atom. The van der Waals surface area contributed by atoms with Crippen LogP contribution in [0.5, 0.6) is 0 Å². The number of carbonyl (C=O) groups is 3. The van der Waals surface area contributed by atoms with Crippen molar-refractivity contribution in [1.29, 1.82) is 0 Å². The summed E-state index contributed by atoms with van der Waals surface area (Å²) in [5.41, 5.74) is 2.18. The highest BCUT2D eigenvalue weighted by molar-refractivity contribution is 7.17. The fourth-order valence-corrected chi connectivity index (χ4v) is 5.12. The molecular weight excluding hydrogens is 426 g/mol. The number of rotatable bonds is 6. The highest BCUT2D eigenvalue weighted by atomic mass is 35.5. The predicted molar refractivity (Wildman–Crippen MR) is 116 cm³/mol. The Kier molecular flexibility index (Phi) is 6.36. The first kappa shape index (κ1) is 20.8. The van der Waals surface area contributed by atoms with Crippen molar-refractivity contribution in [2.75, 3.05) is 23.8 Å². The van der Waals surface area contributed by atoms with Gasteiger partial charge in [0.2, 0.25) is 5.91 Å². The molecule has 9 heteroatoms. The van der Waals surface area contributed by atoms with Gasteiger partial charge in [-0.3, -0.25) is 19.7 Å². The van der Waals surface area contributed by atoms with E-state index in [-0.39, 0.29) is 24.3 Å². The van der Waals surface area contributed by atoms with Gasteiger partial charge in [0.1, 0.15) is 11.0 Å². The third kappa shape index (κ3) is 4.66. The van der Waals surface area contributed by atoms with Gasteiger partial charge < -0.3 is 15.4 Å². The number of halogens is 1. The van der Waals surface area contributed by atoms with E-state index < -0.39 is 6.04 Å². The molecule has 4 rings (SSSR count). The quantitative estimate of drug-likeness (QED) is 0.590. The number of cyclic esters (lactones) is 1. The van der Waals surface area contributed by atoms with E-state index in [9.17, 15) is 14.4 Å². The van der Waals surface area contributed by atoms with Gasteiger partial charge in [-0.1, -0.05) is 11.6 Å². The number of aryl methyl sites for hydroxylation is 1. The molecule has 0 bridgehead atoms. The lowest BCUT2D eigenvalue weighted by Gasteiger charge is -2.13. The van der Waals surface area contributed by atoms with Crippen LogP contribution in [-0.4, -0.2) is 37.0 Å². The monoisotopic (exact) mass is 447 g/mol. The van der Waals surface area contributed by atoms with Crippen LogP contribution in [0.25, 0.3) is 0 Å². The lowest BCUT2D eigenvalue weighted by molar-refractivity contribution is -0.139. The Labute approximate surface area is 183 Å². The van der Waals surface area contributed by atoms with Crippen molar-refractivity contribution in [2.45, 2.75) is 38.1 Å². The first-order chi connectivity index (χ1) is 14.5. The molecule has 2 aliphatic rings. The lowest BCUT2D eigenvalue weighted by atomic mass is 9.95. The molecule has 1 aromatic heterocycles. The van der Waals surface area contributed by atoms with Crippen LogP contribution >= 0.6 is 22.9 Å². The molecule has 2 amide bonds. The molecule has 2 heterocycles. The van der Waals surface area contributed by atoms with Crippen LogP contribution in [-0.2, 0) is 27.2 Å². The van der Waals surface area contributed by atoms with Crippen LogP contribution < -0.4 is 16.0 Å². The number of anilines is 2. The minimum Gasteiger partial charge on any atom is -0.464 e. The topological polar surface area (TPSA) is 96.5 Å². The van der Waals surface area contributed by atoms with Crippen LogP contribution in [0.4, 0.5) is 10.7 Å². The number of carbonyl (C=O) groups excluding carboxylic acids is 3. The Morgan fingerprint density at radius 1 is 1.13 bits per heavy atom. The summed E-state index contributed by atoms with van der Waals surface area (Å²) in [7, 11) is 0. The van der Waals surface area contributed by atoms with Crippen molar-refractivity contribution in [3.05, 3.63) is 45.3 Å². The SMILES string of the molecule is O=C(CN[C@@H]1CCOC1=O)Nc1sc2c(c1C(=O)Nc1ccc(Cl)cc1)CCCC2. The summed E-state index contributed by atoms with van der Waals surface area (Å²) in [4.78, 5) is 38.3. The zero-order valence-electron chi connectivity index (χ0n) is 16.3. The molecule has 1 aromatic carbocycles. The maximum absolute atomic E-state index is 13.1. The van der Waals surface area contributed by atoms with Crippen molar-refractivity contribution >= 4 is 51.4 Å². The molecule has 2 aromatic rings. The van der Waals surface area contributed by atoms with E-state index in [0.717, 1.165) is 36.1 Å². The third-order valence-corrected chi connectivity index (χ3v) is 6.66. The van der Waals surface area contributed by atoms with Gasteiger partial charge in [-0.2, -0.15) is 0 Å². The fourth-order valence-electron chi connectivity index (χ4n) is 3.69. The van der Waals surface area contributed by atoms with E-state index in [4.69, 9.17) is 16.3 Å². The number of nitrogens with one attached hydrogen (secondary N) is 3. The minimum absolute atomic E-state index is 0.0272. The Bertz CT molecular complexity index is 973. The number of thiophene rings is 1. The molecule has 1 aliphatic carbocycles. The van der Waals surface area contributed by atoms with Crippen molar-refractivity contribution in [2.24, 2.45) is 0 Å². The highest BCUT2D eigenvalue weighted by Crippen LogP contribution is 2.38. The van der Waals surface area contributed by atoms with Gasteiger partial charge in [0, 0.05) is 22.0 Å². The first-order valence-corrected chi connectivity index (χ1v) is 11.1. The maximum atomic E-state index is 13.1. The molecule has 0 spiro atoms. The Balaban J connectivity index is 1.50. The van der Waals surface area contributed by atoms with E-state index in [2.05, 4.69) is 16.0 Å². The van der Waals surface area contributed by atoms with E-state index in [1.54, 1.807) is 24.3 Å². The molecule has 158 valence electrons. The van der Waals surface area contributed by atoms with E-state index in [1.165, 1.54) is 11.3 Å². The lowest BCUT2D eigenvalue weighted by Crippen LogP contribution is -2.38. The second-order valence-corrected chi connectivity index (χ2v) is 8.86. The molecule has 7 nitrogen and oxygen atoms in total. The van der Waals surface area contributed by atoms with Crippen LogP contribution in [0.2, 0.25) is 5.02 Å². The molecular formula is C21H22ClN3O4S. The van der Waals surface area contributed by atoms with Gasteiger partial charge in [0.15, 0.2) is 0 Å². The summed E-state index contributed by atoms with van der Waals surface area (Å²) >= 11 is 7.37. The summed E-state index contributed by atoms with van der Waals surface area (Å²) < 4.78 is 4.89. The predicted octanol–water partition coefficient (Wildman–Crippen LogP) is 3.38. The molecule has 3 N–H and O–H groups in total. The standard InChI is InChI=1S/C21H22ClN3O4S/c22-12-5-7-13(8-6-12)24-19(27)18-14-3-1-2-4-16(14)30-20(18)25-17(26)11-23-15-9-10-29-21(15)28/h5-8,15,23H,1-4,9-11H2,(H,24,27)(H,25,26)/t15-/m1/s1. The van der Waals surface area contributed by atoms with Crippen molar-refractivity contribution < 1.29 is 19.1 Å². The van der Waals surface area contributed by atoms with E-state index in [1.807, 2.05) is 0 Å². The molecule has 30 heavy (non-hydrogen) atoms. The van der Waals surface area contributed by atoms with Gasteiger partial charge in [0.25, 0.3) is 5.91 Å². The van der Waals surface area contributed by atoms with Crippen LogP contribution in [0.15, 0.2) is 24.3 Å². The van der Waals surface area contributed by atoms with Gasteiger partial charge in [-0.15, -0.1) is 11.3 Å². The zero-order chi connectivity index (χ0) is 21.1.